The van der Waals surface area contributed by atoms with Crippen LogP contribution >= 0.6 is 11.6 Å². The van der Waals surface area contributed by atoms with E-state index in [9.17, 15) is 4.79 Å². The van der Waals surface area contributed by atoms with Crippen LogP contribution in [0.1, 0.15) is 24.8 Å². The highest BCUT2D eigenvalue weighted by molar-refractivity contribution is 6.18. The summed E-state index contributed by atoms with van der Waals surface area (Å²) in [6.45, 7) is 0. The van der Waals surface area contributed by atoms with E-state index in [1.54, 1.807) is 0 Å². The molecule has 0 spiro atoms. The lowest BCUT2D eigenvalue weighted by atomic mass is 10.1. The molecule has 1 amide bonds. The second-order valence-electron chi connectivity index (χ2n) is 4.76. The maximum absolute atomic E-state index is 11.7. The van der Waals surface area contributed by atoms with E-state index in [1.165, 1.54) is 18.4 Å². The number of carbonyl (C=O) groups is 1. The zero-order valence-electron chi connectivity index (χ0n) is 9.86. The molecule has 1 fully saturated rings. The minimum atomic E-state index is 0.0466. The Morgan fingerprint density at radius 2 is 2.06 bits per heavy atom. The fraction of sp³-hybridized carbons (Fsp3) is 0.500. The largest absolute Gasteiger partial charge is 0.352 e. The third-order valence-electron chi connectivity index (χ3n) is 3.05. The number of nitrogens with one attached hydrogen (secondary N) is 1. The van der Waals surface area contributed by atoms with E-state index >= 15 is 0 Å². The average Bonchev–Trinajstić information content (AvgIpc) is 3.13. The van der Waals surface area contributed by atoms with Crippen molar-refractivity contribution in [1.82, 2.24) is 5.32 Å². The first kappa shape index (κ1) is 12.4. The lowest BCUT2D eigenvalue weighted by Gasteiger charge is -2.16. The first-order chi connectivity index (χ1) is 8.28. The van der Waals surface area contributed by atoms with E-state index in [-0.39, 0.29) is 11.9 Å². The zero-order valence-corrected chi connectivity index (χ0v) is 10.6. The molecule has 1 atom stereocenters. The summed E-state index contributed by atoms with van der Waals surface area (Å²) in [5.74, 6) is 1.24. The van der Waals surface area contributed by atoms with Crippen molar-refractivity contribution in [1.29, 1.82) is 0 Å². The Hall–Kier alpha value is -1.02. The molecule has 17 heavy (non-hydrogen) atoms. The van der Waals surface area contributed by atoms with Gasteiger partial charge < -0.3 is 5.32 Å². The number of alkyl halides is 1. The highest BCUT2D eigenvalue weighted by Crippen LogP contribution is 2.32. The van der Waals surface area contributed by atoms with Crippen molar-refractivity contribution in [2.24, 2.45) is 5.92 Å². The Balaban J connectivity index is 1.81. The number of carbonyl (C=O) groups excluding carboxylic acids is 1. The van der Waals surface area contributed by atoms with Crippen molar-refractivity contribution in [3.63, 3.8) is 0 Å². The predicted molar refractivity (Wildman–Crippen MR) is 70.1 cm³/mol. The Bertz CT molecular complexity index is 362. The second kappa shape index (κ2) is 6.06. The highest BCUT2D eigenvalue weighted by atomic mass is 35.5. The summed E-state index contributed by atoms with van der Waals surface area (Å²) in [5.41, 5.74) is 1.21. The molecule has 0 saturated heterocycles. The lowest BCUT2D eigenvalue weighted by molar-refractivity contribution is -0.122. The van der Waals surface area contributed by atoms with Gasteiger partial charge in [-0.2, -0.15) is 0 Å². The smallest absolute Gasteiger partial charge is 0.220 e. The third-order valence-corrected chi connectivity index (χ3v) is 3.42. The van der Waals surface area contributed by atoms with Crippen molar-refractivity contribution < 1.29 is 4.79 Å². The maximum atomic E-state index is 11.7. The molecular formula is C14H18ClNO. The third kappa shape index (κ3) is 4.39. The average molecular weight is 252 g/mol. The van der Waals surface area contributed by atoms with Gasteiger partial charge in [0.1, 0.15) is 0 Å². The molecule has 3 heteroatoms. The summed E-state index contributed by atoms with van der Waals surface area (Å²) in [4.78, 5) is 11.7. The van der Waals surface area contributed by atoms with Crippen LogP contribution < -0.4 is 5.32 Å². The molecule has 1 aromatic rings. The fourth-order valence-electron chi connectivity index (χ4n) is 1.91. The van der Waals surface area contributed by atoms with E-state index in [0.29, 0.717) is 18.2 Å². The number of hydrogen-bond acceptors (Lipinski definition) is 1. The van der Waals surface area contributed by atoms with E-state index in [4.69, 9.17) is 11.6 Å². The van der Waals surface area contributed by atoms with Crippen LogP contribution in [0, 0.1) is 5.92 Å². The number of rotatable bonds is 6. The first-order valence-corrected chi connectivity index (χ1v) is 6.70. The molecule has 1 saturated carbocycles. The van der Waals surface area contributed by atoms with Gasteiger partial charge in [-0.3, -0.25) is 4.79 Å². The van der Waals surface area contributed by atoms with Crippen LogP contribution in [-0.2, 0) is 11.2 Å². The molecule has 2 rings (SSSR count). The van der Waals surface area contributed by atoms with Crippen LogP contribution in [0.15, 0.2) is 30.3 Å². The zero-order chi connectivity index (χ0) is 12.1. The normalized spacial score (nSPS) is 16.5. The molecule has 2 nitrogen and oxygen atoms in total. The molecule has 0 aliphatic heterocycles. The lowest BCUT2D eigenvalue weighted by Crippen LogP contribution is -2.37. The van der Waals surface area contributed by atoms with Gasteiger partial charge in [0.05, 0.1) is 0 Å². The fourth-order valence-corrected chi connectivity index (χ4v) is 2.10. The Morgan fingerprint density at radius 3 is 2.65 bits per heavy atom. The van der Waals surface area contributed by atoms with E-state index in [1.807, 2.05) is 18.2 Å². The molecule has 92 valence electrons. The Labute approximate surface area is 107 Å². The van der Waals surface area contributed by atoms with Crippen molar-refractivity contribution >= 4 is 17.5 Å². The minimum Gasteiger partial charge on any atom is -0.352 e. The quantitative estimate of drug-likeness (QED) is 0.774. The van der Waals surface area contributed by atoms with Crippen LogP contribution in [0.3, 0.4) is 0 Å². The SMILES string of the molecule is O=C(CC1CC1)NC(CCl)Cc1ccccc1. The van der Waals surface area contributed by atoms with Crippen molar-refractivity contribution in [2.75, 3.05) is 5.88 Å². The molecule has 0 aromatic heterocycles. The highest BCUT2D eigenvalue weighted by Gasteiger charge is 2.25. The van der Waals surface area contributed by atoms with Gasteiger partial charge >= 0.3 is 0 Å². The van der Waals surface area contributed by atoms with Gasteiger partial charge in [0, 0.05) is 18.3 Å². The number of hydrogen-bond donors (Lipinski definition) is 1. The van der Waals surface area contributed by atoms with E-state index in [0.717, 1.165) is 6.42 Å². The van der Waals surface area contributed by atoms with Gasteiger partial charge in [-0.15, -0.1) is 11.6 Å². The topological polar surface area (TPSA) is 29.1 Å². The molecular weight excluding hydrogens is 234 g/mol. The Kier molecular flexibility index (Phi) is 4.43. The second-order valence-corrected chi connectivity index (χ2v) is 5.06. The van der Waals surface area contributed by atoms with Crippen molar-refractivity contribution in [2.45, 2.75) is 31.7 Å². The monoisotopic (exact) mass is 251 g/mol. The first-order valence-electron chi connectivity index (χ1n) is 6.17. The van der Waals surface area contributed by atoms with Gasteiger partial charge in [-0.25, -0.2) is 0 Å². The van der Waals surface area contributed by atoms with Gasteiger partial charge in [0.15, 0.2) is 0 Å². The van der Waals surface area contributed by atoms with Crippen LogP contribution in [0.25, 0.3) is 0 Å². The van der Waals surface area contributed by atoms with Gasteiger partial charge in [0.2, 0.25) is 5.91 Å². The maximum Gasteiger partial charge on any atom is 0.220 e. The van der Waals surface area contributed by atoms with Crippen LogP contribution in [0.5, 0.6) is 0 Å². The molecule has 1 N–H and O–H groups in total. The van der Waals surface area contributed by atoms with Crippen LogP contribution in [0.4, 0.5) is 0 Å². The molecule has 1 aliphatic carbocycles. The summed E-state index contributed by atoms with van der Waals surface area (Å²) in [6.07, 6.45) is 3.89. The summed E-state index contributed by atoms with van der Waals surface area (Å²) >= 11 is 5.90. The van der Waals surface area contributed by atoms with Crippen LogP contribution in [0.2, 0.25) is 0 Å². The summed E-state index contributed by atoms with van der Waals surface area (Å²) in [5, 5.41) is 3.02. The molecule has 0 heterocycles. The van der Waals surface area contributed by atoms with Gasteiger partial charge in [-0.05, 0) is 30.7 Å². The molecule has 0 radical (unpaired) electrons. The molecule has 1 unspecified atom stereocenters. The van der Waals surface area contributed by atoms with E-state index < -0.39 is 0 Å². The van der Waals surface area contributed by atoms with Crippen LogP contribution in [-0.4, -0.2) is 17.8 Å². The molecule has 1 aromatic carbocycles. The molecule has 0 bridgehead atoms. The summed E-state index contributed by atoms with van der Waals surface area (Å²) in [7, 11) is 0. The molecule has 1 aliphatic rings. The van der Waals surface area contributed by atoms with E-state index in [2.05, 4.69) is 17.4 Å². The van der Waals surface area contributed by atoms with Crippen molar-refractivity contribution in [3.05, 3.63) is 35.9 Å². The summed E-state index contributed by atoms with van der Waals surface area (Å²) in [6, 6.07) is 10.2. The number of halogens is 1. The van der Waals surface area contributed by atoms with Crippen molar-refractivity contribution in [3.8, 4) is 0 Å². The van der Waals surface area contributed by atoms with Gasteiger partial charge in [0.25, 0.3) is 0 Å². The summed E-state index contributed by atoms with van der Waals surface area (Å²) < 4.78 is 0. The standard InChI is InChI=1S/C14H18ClNO/c15-10-13(8-11-4-2-1-3-5-11)16-14(17)9-12-6-7-12/h1-5,12-13H,6-10H2,(H,16,17). The van der Waals surface area contributed by atoms with Gasteiger partial charge in [-0.1, -0.05) is 30.3 Å². The number of amides is 1. The minimum absolute atomic E-state index is 0.0466. The predicted octanol–water partition coefficient (Wildman–Crippen LogP) is 2.75. The Morgan fingerprint density at radius 1 is 1.35 bits per heavy atom. The number of benzene rings is 1.